The Bertz CT molecular complexity index is 103. The van der Waals surface area contributed by atoms with Crippen LogP contribution in [0, 0.1) is 11.8 Å². The van der Waals surface area contributed by atoms with Crippen LogP contribution in [0.4, 0.5) is 0 Å². The highest BCUT2D eigenvalue weighted by molar-refractivity contribution is 5.03. The number of allylic oxidation sites excluding steroid dienone is 2. The van der Waals surface area contributed by atoms with Crippen LogP contribution < -0.4 is 0 Å². The minimum Gasteiger partial charge on any atom is -0.0876 e. The van der Waals surface area contributed by atoms with Crippen LogP contribution in [0.2, 0.25) is 0 Å². The van der Waals surface area contributed by atoms with Crippen LogP contribution in [0.25, 0.3) is 0 Å². The van der Waals surface area contributed by atoms with E-state index < -0.39 is 0 Å². The molecule has 1 aliphatic carbocycles. The van der Waals surface area contributed by atoms with Crippen molar-refractivity contribution in [2.75, 3.05) is 0 Å². The highest BCUT2D eigenvalue weighted by Gasteiger charge is 2.16. The summed E-state index contributed by atoms with van der Waals surface area (Å²) in [5, 5.41) is 0. The van der Waals surface area contributed by atoms with Gasteiger partial charge in [-0.2, -0.15) is 0 Å². The molecule has 52 valence electrons. The first-order chi connectivity index (χ1) is 4.34. The Hall–Kier alpha value is -0.260. The number of hydrogen-bond acceptors (Lipinski definition) is 0. The van der Waals surface area contributed by atoms with Gasteiger partial charge >= 0.3 is 0 Å². The van der Waals surface area contributed by atoms with Gasteiger partial charge in [-0.1, -0.05) is 38.8 Å². The summed E-state index contributed by atoms with van der Waals surface area (Å²) in [6.45, 7) is 4.62. The minimum atomic E-state index is 0.921. The fourth-order valence-electron chi connectivity index (χ4n) is 1.38. The first-order valence-electron chi connectivity index (χ1n) is 4.01. The van der Waals surface area contributed by atoms with E-state index in [1.807, 2.05) is 0 Å². The van der Waals surface area contributed by atoms with Crippen molar-refractivity contribution in [2.45, 2.75) is 33.1 Å². The molecule has 0 nitrogen and oxygen atoms in total. The Morgan fingerprint density at radius 1 is 1.67 bits per heavy atom. The molecule has 0 bridgehead atoms. The zero-order valence-corrected chi connectivity index (χ0v) is 6.43. The van der Waals surface area contributed by atoms with Crippen molar-refractivity contribution in [1.82, 2.24) is 0 Å². The van der Waals surface area contributed by atoms with E-state index in [4.69, 9.17) is 0 Å². The molecule has 0 radical (unpaired) electrons. The standard InChI is InChI=1S/C9H16/c1-3-5-8(2)9-6-4-7-9/h4,6,8-9H,3,5,7H2,1-2H3. The van der Waals surface area contributed by atoms with Crippen molar-refractivity contribution in [3.8, 4) is 0 Å². The third-order valence-electron chi connectivity index (χ3n) is 2.27. The van der Waals surface area contributed by atoms with E-state index in [9.17, 15) is 0 Å². The van der Waals surface area contributed by atoms with Crippen molar-refractivity contribution >= 4 is 0 Å². The summed E-state index contributed by atoms with van der Waals surface area (Å²) >= 11 is 0. The quantitative estimate of drug-likeness (QED) is 0.507. The first kappa shape index (κ1) is 6.85. The molecule has 0 amide bonds. The SMILES string of the molecule is CCCC(C)C1C=CC1. The molecule has 0 aromatic carbocycles. The van der Waals surface area contributed by atoms with Crippen LogP contribution in [0.3, 0.4) is 0 Å². The lowest BCUT2D eigenvalue weighted by atomic mass is 9.82. The van der Waals surface area contributed by atoms with Gasteiger partial charge in [0.15, 0.2) is 0 Å². The average molecular weight is 124 g/mol. The van der Waals surface area contributed by atoms with Crippen molar-refractivity contribution in [1.29, 1.82) is 0 Å². The third-order valence-corrected chi connectivity index (χ3v) is 2.27. The number of rotatable bonds is 3. The van der Waals surface area contributed by atoms with E-state index >= 15 is 0 Å². The fraction of sp³-hybridized carbons (Fsp3) is 0.778. The molecule has 0 spiro atoms. The Kier molecular flexibility index (Phi) is 2.32. The molecule has 0 aromatic rings. The smallest absolute Gasteiger partial charge is 0.0173 e. The third kappa shape index (κ3) is 1.57. The van der Waals surface area contributed by atoms with Gasteiger partial charge in [0, 0.05) is 0 Å². The molecule has 1 rings (SSSR count). The largest absolute Gasteiger partial charge is 0.0876 e. The molecule has 0 aliphatic heterocycles. The Labute approximate surface area is 58.0 Å². The summed E-state index contributed by atoms with van der Waals surface area (Å²) in [6.07, 6.45) is 8.69. The van der Waals surface area contributed by atoms with Crippen LogP contribution in [-0.4, -0.2) is 0 Å². The van der Waals surface area contributed by atoms with Crippen LogP contribution in [-0.2, 0) is 0 Å². The van der Waals surface area contributed by atoms with Crippen molar-refractivity contribution in [2.24, 2.45) is 11.8 Å². The van der Waals surface area contributed by atoms with Gasteiger partial charge in [0.1, 0.15) is 0 Å². The van der Waals surface area contributed by atoms with E-state index in [0.29, 0.717) is 0 Å². The van der Waals surface area contributed by atoms with Crippen molar-refractivity contribution < 1.29 is 0 Å². The van der Waals surface area contributed by atoms with Gasteiger partial charge < -0.3 is 0 Å². The van der Waals surface area contributed by atoms with Crippen LogP contribution in [0.5, 0.6) is 0 Å². The number of hydrogen-bond donors (Lipinski definition) is 0. The second kappa shape index (κ2) is 3.05. The molecule has 0 heteroatoms. The van der Waals surface area contributed by atoms with Gasteiger partial charge in [-0.15, -0.1) is 0 Å². The zero-order chi connectivity index (χ0) is 6.69. The van der Waals surface area contributed by atoms with Crippen LogP contribution in [0.1, 0.15) is 33.1 Å². The van der Waals surface area contributed by atoms with Gasteiger partial charge in [-0.3, -0.25) is 0 Å². The van der Waals surface area contributed by atoms with E-state index in [1.165, 1.54) is 19.3 Å². The zero-order valence-electron chi connectivity index (χ0n) is 6.43. The molecule has 1 aliphatic rings. The maximum atomic E-state index is 2.36. The second-order valence-corrected chi connectivity index (χ2v) is 3.09. The van der Waals surface area contributed by atoms with Crippen molar-refractivity contribution in [3.05, 3.63) is 12.2 Å². The summed E-state index contributed by atoms with van der Waals surface area (Å²) in [4.78, 5) is 0. The van der Waals surface area contributed by atoms with E-state index in [0.717, 1.165) is 11.8 Å². The van der Waals surface area contributed by atoms with Gasteiger partial charge in [-0.05, 0) is 18.3 Å². The van der Waals surface area contributed by atoms with E-state index in [-0.39, 0.29) is 0 Å². The maximum Gasteiger partial charge on any atom is -0.0173 e. The second-order valence-electron chi connectivity index (χ2n) is 3.09. The molecule has 2 atom stereocenters. The van der Waals surface area contributed by atoms with Crippen LogP contribution >= 0.6 is 0 Å². The molecule has 0 fully saturated rings. The van der Waals surface area contributed by atoms with Gasteiger partial charge in [0.2, 0.25) is 0 Å². The van der Waals surface area contributed by atoms with E-state index in [2.05, 4.69) is 26.0 Å². The topological polar surface area (TPSA) is 0 Å². The summed E-state index contributed by atoms with van der Waals surface area (Å²) < 4.78 is 0. The molecule has 0 saturated heterocycles. The average Bonchev–Trinajstić information content (AvgIpc) is 1.60. The highest BCUT2D eigenvalue weighted by Crippen LogP contribution is 2.28. The summed E-state index contributed by atoms with van der Waals surface area (Å²) in [6, 6.07) is 0. The molecule has 0 heterocycles. The summed E-state index contributed by atoms with van der Waals surface area (Å²) in [5.74, 6) is 1.85. The minimum absolute atomic E-state index is 0.921. The Morgan fingerprint density at radius 2 is 2.33 bits per heavy atom. The monoisotopic (exact) mass is 124 g/mol. The lowest BCUT2D eigenvalue weighted by Gasteiger charge is -2.24. The van der Waals surface area contributed by atoms with Crippen molar-refractivity contribution in [3.63, 3.8) is 0 Å². The molecule has 9 heavy (non-hydrogen) atoms. The lowest BCUT2D eigenvalue weighted by molar-refractivity contribution is 0.377. The maximum absolute atomic E-state index is 2.36. The predicted octanol–water partition coefficient (Wildman–Crippen LogP) is 3.00. The highest BCUT2D eigenvalue weighted by atomic mass is 14.2. The normalized spacial score (nSPS) is 27.6. The fourth-order valence-corrected chi connectivity index (χ4v) is 1.38. The summed E-state index contributed by atoms with van der Waals surface area (Å²) in [5.41, 5.74) is 0. The molecule has 2 unspecified atom stereocenters. The van der Waals surface area contributed by atoms with Gasteiger partial charge in [-0.25, -0.2) is 0 Å². The van der Waals surface area contributed by atoms with Crippen LogP contribution in [0.15, 0.2) is 12.2 Å². The molecule has 0 N–H and O–H groups in total. The van der Waals surface area contributed by atoms with E-state index in [1.54, 1.807) is 0 Å². The lowest BCUT2D eigenvalue weighted by Crippen LogP contribution is -2.13. The van der Waals surface area contributed by atoms with Gasteiger partial charge in [0.25, 0.3) is 0 Å². The Balaban J connectivity index is 2.17. The molecule has 0 aromatic heterocycles. The molecular weight excluding hydrogens is 108 g/mol. The molecule has 0 saturated carbocycles. The Morgan fingerprint density at radius 3 is 2.67 bits per heavy atom. The predicted molar refractivity (Wildman–Crippen MR) is 41.3 cm³/mol. The molecular formula is C9H16. The summed E-state index contributed by atoms with van der Waals surface area (Å²) in [7, 11) is 0. The first-order valence-corrected chi connectivity index (χ1v) is 4.01. The van der Waals surface area contributed by atoms with Gasteiger partial charge in [0.05, 0.1) is 0 Å².